The van der Waals surface area contributed by atoms with Gasteiger partial charge in [0.25, 0.3) is 0 Å². The number of rotatable bonds is 5. The van der Waals surface area contributed by atoms with Gasteiger partial charge in [-0.2, -0.15) is 0 Å². The molecule has 0 aliphatic heterocycles. The predicted octanol–water partition coefficient (Wildman–Crippen LogP) is 1.95. The average molecular weight is 283 g/mol. The lowest BCUT2D eigenvalue weighted by Gasteiger charge is -2.59. The number of amides is 1. The summed E-state index contributed by atoms with van der Waals surface area (Å²) in [5, 5.41) is 12.3. The molecule has 2 rings (SSSR count). The van der Waals surface area contributed by atoms with Crippen molar-refractivity contribution in [3.05, 3.63) is 0 Å². The quantitative estimate of drug-likeness (QED) is 0.808. The second kappa shape index (κ2) is 4.72. The van der Waals surface area contributed by atoms with E-state index in [2.05, 4.69) is 19.2 Å². The zero-order valence-corrected chi connectivity index (χ0v) is 12.8. The first-order valence-electron chi connectivity index (χ1n) is 7.25. The molecular formula is C15H25NO4. The Balaban J connectivity index is 1.92. The van der Waals surface area contributed by atoms with Crippen LogP contribution in [0.3, 0.4) is 0 Å². The van der Waals surface area contributed by atoms with Crippen molar-refractivity contribution >= 4 is 11.9 Å². The van der Waals surface area contributed by atoms with Gasteiger partial charge < -0.3 is 15.2 Å². The van der Waals surface area contributed by atoms with Crippen LogP contribution in [0.25, 0.3) is 0 Å². The zero-order chi connectivity index (χ0) is 15.2. The second-order valence-electron chi connectivity index (χ2n) is 7.10. The largest absolute Gasteiger partial charge is 0.481 e. The van der Waals surface area contributed by atoms with Gasteiger partial charge in [0.05, 0.1) is 11.0 Å². The summed E-state index contributed by atoms with van der Waals surface area (Å²) in [7, 11) is 1.69. The predicted molar refractivity (Wildman–Crippen MR) is 74.3 cm³/mol. The van der Waals surface area contributed by atoms with Crippen molar-refractivity contribution in [2.45, 2.75) is 64.5 Å². The third-order valence-corrected chi connectivity index (χ3v) is 5.88. The number of hydrogen-bond donors (Lipinski definition) is 2. The van der Waals surface area contributed by atoms with Crippen LogP contribution in [0.15, 0.2) is 0 Å². The molecule has 0 aromatic rings. The standard InChI is InChI=1S/C15H25NO4/c1-13(2)10(8-14(13,3)20-4)16-11(17)9-15(12(18)19)6-5-7-15/h10H,5-9H2,1-4H3,(H,16,17)(H,18,19). The molecule has 1 amide bonds. The van der Waals surface area contributed by atoms with E-state index in [-0.39, 0.29) is 29.4 Å². The van der Waals surface area contributed by atoms with Gasteiger partial charge in [0.2, 0.25) is 5.91 Å². The van der Waals surface area contributed by atoms with Crippen LogP contribution in [0.5, 0.6) is 0 Å². The van der Waals surface area contributed by atoms with Crippen molar-refractivity contribution in [1.82, 2.24) is 5.32 Å². The molecule has 2 saturated carbocycles. The molecule has 0 aromatic heterocycles. The number of ether oxygens (including phenoxy) is 1. The number of aliphatic carboxylic acids is 1. The van der Waals surface area contributed by atoms with Crippen LogP contribution in [-0.4, -0.2) is 35.7 Å². The maximum Gasteiger partial charge on any atom is 0.310 e. The Morgan fingerprint density at radius 1 is 1.30 bits per heavy atom. The topological polar surface area (TPSA) is 75.6 Å². The highest BCUT2D eigenvalue weighted by molar-refractivity contribution is 5.85. The average Bonchev–Trinajstić information content (AvgIpc) is 2.32. The van der Waals surface area contributed by atoms with Gasteiger partial charge >= 0.3 is 5.97 Å². The van der Waals surface area contributed by atoms with Crippen molar-refractivity contribution in [2.24, 2.45) is 10.8 Å². The number of carboxylic acids is 1. The van der Waals surface area contributed by atoms with Gasteiger partial charge in [-0.15, -0.1) is 0 Å². The first kappa shape index (κ1) is 15.3. The number of carboxylic acid groups (broad SMARTS) is 1. The molecule has 0 saturated heterocycles. The number of methoxy groups -OCH3 is 1. The monoisotopic (exact) mass is 283 g/mol. The molecule has 20 heavy (non-hydrogen) atoms. The summed E-state index contributed by atoms with van der Waals surface area (Å²) in [6.45, 7) is 6.18. The van der Waals surface area contributed by atoms with Gasteiger partial charge in [-0.25, -0.2) is 0 Å². The number of nitrogens with one attached hydrogen (secondary N) is 1. The Labute approximate surface area is 120 Å². The molecule has 2 unspecified atom stereocenters. The van der Waals surface area contributed by atoms with Gasteiger partial charge in [-0.1, -0.05) is 20.3 Å². The molecule has 2 N–H and O–H groups in total. The van der Waals surface area contributed by atoms with E-state index in [0.717, 1.165) is 12.8 Å². The molecule has 2 atom stereocenters. The highest BCUT2D eigenvalue weighted by atomic mass is 16.5. The third kappa shape index (κ3) is 2.12. The summed E-state index contributed by atoms with van der Waals surface area (Å²) >= 11 is 0. The van der Waals surface area contributed by atoms with Crippen LogP contribution in [-0.2, 0) is 14.3 Å². The van der Waals surface area contributed by atoms with E-state index in [0.29, 0.717) is 12.8 Å². The zero-order valence-electron chi connectivity index (χ0n) is 12.8. The molecule has 0 heterocycles. The third-order valence-electron chi connectivity index (χ3n) is 5.88. The summed E-state index contributed by atoms with van der Waals surface area (Å²) in [5.41, 5.74) is -1.19. The minimum absolute atomic E-state index is 0.0471. The van der Waals surface area contributed by atoms with E-state index in [1.54, 1.807) is 7.11 Å². The normalized spacial score (nSPS) is 33.7. The van der Waals surface area contributed by atoms with Crippen molar-refractivity contribution in [1.29, 1.82) is 0 Å². The highest BCUT2D eigenvalue weighted by Gasteiger charge is 2.58. The van der Waals surface area contributed by atoms with E-state index < -0.39 is 11.4 Å². The molecule has 2 aliphatic carbocycles. The fourth-order valence-corrected chi connectivity index (χ4v) is 3.35. The summed E-state index contributed by atoms with van der Waals surface area (Å²) < 4.78 is 5.53. The van der Waals surface area contributed by atoms with E-state index >= 15 is 0 Å². The summed E-state index contributed by atoms with van der Waals surface area (Å²) in [4.78, 5) is 23.4. The van der Waals surface area contributed by atoms with Gasteiger partial charge in [0.15, 0.2) is 0 Å². The Kier molecular flexibility index (Phi) is 3.61. The number of carbonyl (C=O) groups excluding carboxylic acids is 1. The van der Waals surface area contributed by atoms with Crippen molar-refractivity contribution in [3.8, 4) is 0 Å². The van der Waals surface area contributed by atoms with E-state index in [9.17, 15) is 14.7 Å². The maximum atomic E-state index is 12.1. The molecule has 5 nitrogen and oxygen atoms in total. The van der Waals surface area contributed by atoms with Crippen LogP contribution in [0.4, 0.5) is 0 Å². The summed E-state index contributed by atoms with van der Waals surface area (Å²) in [6.07, 6.45) is 2.98. The minimum Gasteiger partial charge on any atom is -0.481 e. The Morgan fingerprint density at radius 3 is 2.25 bits per heavy atom. The van der Waals surface area contributed by atoms with Gasteiger partial charge in [-0.3, -0.25) is 9.59 Å². The van der Waals surface area contributed by atoms with Gasteiger partial charge in [-0.05, 0) is 26.2 Å². The van der Waals surface area contributed by atoms with Gasteiger partial charge in [0, 0.05) is 25.0 Å². The van der Waals surface area contributed by atoms with Crippen LogP contribution < -0.4 is 5.32 Å². The van der Waals surface area contributed by atoms with Crippen LogP contribution in [0.2, 0.25) is 0 Å². The fourth-order valence-electron chi connectivity index (χ4n) is 3.35. The van der Waals surface area contributed by atoms with Crippen LogP contribution in [0, 0.1) is 10.8 Å². The van der Waals surface area contributed by atoms with Crippen molar-refractivity contribution < 1.29 is 19.4 Å². The lowest BCUT2D eigenvalue weighted by Crippen LogP contribution is -2.68. The van der Waals surface area contributed by atoms with Crippen molar-refractivity contribution in [2.75, 3.05) is 7.11 Å². The van der Waals surface area contributed by atoms with Crippen LogP contribution in [0.1, 0.15) is 52.9 Å². The summed E-state index contributed by atoms with van der Waals surface area (Å²) in [6, 6.07) is 0.0471. The van der Waals surface area contributed by atoms with Crippen LogP contribution >= 0.6 is 0 Å². The van der Waals surface area contributed by atoms with E-state index in [1.807, 2.05) is 6.92 Å². The second-order valence-corrected chi connectivity index (χ2v) is 7.10. The minimum atomic E-state index is -0.839. The van der Waals surface area contributed by atoms with E-state index in [1.165, 1.54) is 0 Å². The first-order valence-corrected chi connectivity index (χ1v) is 7.25. The molecule has 5 heteroatoms. The Morgan fingerprint density at radius 2 is 1.90 bits per heavy atom. The highest BCUT2D eigenvalue weighted by Crippen LogP contribution is 2.52. The molecule has 0 radical (unpaired) electrons. The maximum absolute atomic E-state index is 12.1. The molecular weight excluding hydrogens is 258 g/mol. The SMILES string of the molecule is COC1(C)CC(NC(=O)CC2(C(=O)O)CCC2)C1(C)C. The molecule has 114 valence electrons. The molecule has 2 fully saturated rings. The lowest BCUT2D eigenvalue weighted by molar-refractivity contribution is -0.183. The first-order chi connectivity index (χ1) is 9.17. The summed E-state index contributed by atoms with van der Waals surface area (Å²) in [5.74, 6) is -0.989. The smallest absolute Gasteiger partial charge is 0.310 e. The molecule has 0 spiro atoms. The number of carbonyl (C=O) groups is 2. The fraction of sp³-hybridized carbons (Fsp3) is 0.867. The van der Waals surface area contributed by atoms with Gasteiger partial charge in [0.1, 0.15) is 0 Å². The number of hydrogen-bond acceptors (Lipinski definition) is 3. The molecule has 0 bridgehead atoms. The molecule has 0 aromatic carbocycles. The Bertz CT molecular complexity index is 428. The Hall–Kier alpha value is -1.10. The van der Waals surface area contributed by atoms with E-state index in [4.69, 9.17) is 4.74 Å². The van der Waals surface area contributed by atoms with Crippen molar-refractivity contribution in [3.63, 3.8) is 0 Å². The lowest BCUT2D eigenvalue weighted by atomic mass is 9.55. The molecule has 2 aliphatic rings.